The Morgan fingerprint density at radius 1 is 1.29 bits per heavy atom. The van der Waals surface area contributed by atoms with E-state index in [1.165, 1.54) is 10.9 Å². The molecule has 1 N–H and O–H groups in total. The first-order valence-corrected chi connectivity index (χ1v) is 8.46. The van der Waals surface area contributed by atoms with Gasteiger partial charge in [-0.2, -0.15) is 0 Å². The van der Waals surface area contributed by atoms with Crippen LogP contribution in [0.15, 0.2) is 36.5 Å². The number of carbonyl (C=O) groups is 1. The third-order valence-corrected chi connectivity index (χ3v) is 4.08. The number of para-hydroxylation sites is 1. The second-order valence-electron chi connectivity index (χ2n) is 7.28. The molecule has 1 fully saturated rings. The summed E-state index contributed by atoms with van der Waals surface area (Å²) in [5, 5.41) is 4.68. The molecule has 1 amide bonds. The highest BCUT2D eigenvalue weighted by molar-refractivity contribution is 5.81. The Hall–Kier alpha value is -2.14. The molecule has 2 heterocycles. The van der Waals surface area contributed by atoms with Crippen molar-refractivity contribution in [2.24, 2.45) is 0 Å². The molecular formula is C19H25N3O2. The van der Waals surface area contributed by atoms with Crippen LogP contribution in [0, 0.1) is 0 Å². The van der Waals surface area contributed by atoms with Crippen molar-refractivity contribution in [2.45, 2.75) is 38.8 Å². The molecular weight excluding hydrogens is 302 g/mol. The molecule has 0 bridgehead atoms. The number of pyridine rings is 1. The lowest BCUT2D eigenvalue weighted by atomic mass is 10.1. The van der Waals surface area contributed by atoms with Crippen LogP contribution in [-0.2, 0) is 11.2 Å². The van der Waals surface area contributed by atoms with E-state index < -0.39 is 5.60 Å². The first-order valence-electron chi connectivity index (χ1n) is 8.46. The first-order chi connectivity index (χ1) is 11.4. The minimum atomic E-state index is -0.434. The standard InChI is InChI=1S/C19H25N3O2/c1-19(2,3)24-18(23)22-12-16(13-22)20-11-9-15-7-4-6-14-8-5-10-21-17(14)15/h4-8,10,16,20H,9,11-13H2,1-3H3. The Bertz CT molecular complexity index is 713. The number of aromatic nitrogens is 1. The number of amides is 1. The van der Waals surface area contributed by atoms with E-state index in [2.05, 4.69) is 34.6 Å². The molecule has 1 aromatic carbocycles. The number of ether oxygens (including phenoxy) is 1. The number of nitrogens with one attached hydrogen (secondary N) is 1. The van der Waals surface area contributed by atoms with Crippen LogP contribution in [0.5, 0.6) is 0 Å². The summed E-state index contributed by atoms with van der Waals surface area (Å²) >= 11 is 0. The maximum atomic E-state index is 11.9. The summed E-state index contributed by atoms with van der Waals surface area (Å²) in [7, 11) is 0. The van der Waals surface area contributed by atoms with Gasteiger partial charge in [-0.1, -0.05) is 24.3 Å². The van der Waals surface area contributed by atoms with Crippen molar-refractivity contribution in [1.82, 2.24) is 15.2 Å². The highest BCUT2D eigenvalue weighted by atomic mass is 16.6. The maximum absolute atomic E-state index is 11.9. The fourth-order valence-electron chi connectivity index (χ4n) is 2.86. The molecule has 128 valence electrons. The Kier molecular flexibility index (Phi) is 4.71. The Morgan fingerprint density at radius 2 is 2.04 bits per heavy atom. The molecule has 1 aromatic heterocycles. The molecule has 1 saturated heterocycles. The van der Waals surface area contributed by atoms with E-state index >= 15 is 0 Å². The van der Waals surface area contributed by atoms with Gasteiger partial charge in [0.2, 0.25) is 0 Å². The molecule has 2 aromatic rings. The van der Waals surface area contributed by atoms with E-state index in [1.807, 2.05) is 33.0 Å². The van der Waals surface area contributed by atoms with Crippen LogP contribution in [0.3, 0.4) is 0 Å². The van der Waals surface area contributed by atoms with E-state index in [-0.39, 0.29) is 6.09 Å². The van der Waals surface area contributed by atoms with Crippen molar-refractivity contribution in [2.75, 3.05) is 19.6 Å². The topological polar surface area (TPSA) is 54.5 Å². The summed E-state index contributed by atoms with van der Waals surface area (Å²) in [4.78, 5) is 18.1. The van der Waals surface area contributed by atoms with Crippen LogP contribution >= 0.6 is 0 Å². The van der Waals surface area contributed by atoms with Crippen LogP contribution in [-0.4, -0.2) is 47.3 Å². The summed E-state index contributed by atoms with van der Waals surface area (Å²) in [5.74, 6) is 0. The largest absolute Gasteiger partial charge is 0.444 e. The highest BCUT2D eigenvalue weighted by Crippen LogP contribution is 2.17. The van der Waals surface area contributed by atoms with Gasteiger partial charge in [0.05, 0.1) is 5.52 Å². The van der Waals surface area contributed by atoms with Gasteiger partial charge >= 0.3 is 6.09 Å². The minimum absolute atomic E-state index is 0.223. The summed E-state index contributed by atoms with van der Waals surface area (Å²) in [6.07, 6.45) is 2.54. The van der Waals surface area contributed by atoms with Crippen molar-refractivity contribution in [3.63, 3.8) is 0 Å². The van der Waals surface area contributed by atoms with Gasteiger partial charge in [0, 0.05) is 30.7 Å². The molecule has 5 nitrogen and oxygen atoms in total. The molecule has 0 radical (unpaired) electrons. The maximum Gasteiger partial charge on any atom is 0.410 e. The zero-order valence-electron chi connectivity index (χ0n) is 14.6. The number of likely N-dealkylation sites (tertiary alicyclic amines) is 1. The molecule has 0 saturated carbocycles. The summed E-state index contributed by atoms with van der Waals surface area (Å²) in [6, 6.07) is 10.7. The fourth-order valence-corrected chi connectivity index (χ4v) is 2.86. The van der Waals surface area contributed by atoms with Crippen molar-refractivity contribution >= 4 is 17.0 Å². The second kappa shape index (κ2) is 6.77. The lowest BCUT2D eigenvalue weighted by Gasteiger charge is -2.40. The van der Waals surface area contributed by atoms with E-state index in [4.69, 9.17) is 4.74 Å². The first kappa shape index (κ1) is 16.7. The molecule has 3 rings (SSSR count). The molecule has 1 aliphatic heterocycles. The van der Waals surface area contributed by atoms with E-state index in [0.717, 1.165) is 18.5 Å². The Balaban J connectivity index is 1.44. The van der Waals surface area contributed by atoms with Crippen molar-refractivity contribution < 1.29 is 9.53 Å². The number of hydrogen-bond donors (Lipinski definition) is 1. The number of fused-ring (bicyclic) bond motifs is 1. The van der Waals surface area contributed by atoms with Crippen LogP contribution < -0.4 is 5.32 Å². The van der Waals surface area contributed by atoms with Crippen molar-refractivity contribution in [3.8, 4) is 0 Å². The summed E-state index contributed by atoms with van der Waals surface area (Å²) in [6.45, 7) is 7.96. The summed E-state index contributed by atoms with van der Waals surface area (Å²) in [5.41, 5.74) is 1.89. The van der Waals surface area contributed by atoms with Crippen LogP contribution in [0.1, 0.15) is 26.3 Å². The lowest BCUT2D eigenvalue weighted by Crippen LogP contribution is -2.60. The third kappa shape index (κ3) is 4.03. The molecule has 0 atom stereocenters. The van der Waals surface area contributed by atoms with E-state index in [1.54, 1.807) is 4.90 Å². The number of hydrogen-bond acceptors (Lipinski definition) is 4. The van der Waals surface area contributed by atoms with Crippen molar-refractivity contribution in [1.29, 1.82) is 0 Å². The SMILES string of the molecule is CC(C)(C)OC(=O)N1CC(NCCc2cccc3cccnc23)C1. The molecule has 0 spiro atoms. The van der Waals surface area contributed by atoms with Crippen LogP contribution in [0.25, 0.3) is 10.9 Å². The van der Waals surface area contributed by atoms with E-state index in [0.29, 0.717) is 19.1 Å². The van der Waals surface area contributed by atoms with Gasteiger partial charge in [0.25, 0.3) is 0 Å². The van der Waals surface area contributed by atoms with Crippen LogP contribution in [0.4, 0.5) is 4.79 Å². The molecule has 0 unspecified atom stereocenters. The average Bonchev–Trinajstić information content (AvgIpc) is 2.47. The number of carbonyl (C=O) groups excluding carboxylic acids is 1. The quantitative estimate of drug-likeness (QED) is 0.938. The van der Waals surface area contributed by atoms with Crippen molar-refractivity contribution in [3.05, 3.63) is 42.1 Å². The van der Waals surface area contributed by atoms with Gasteiger partial charge < -0.3 is 15.0 Å². The zero-order chi connectivity index (χ0) is 17.2. The Morgan fingerprint density at radius 3 is 2.79 bits per heavy atom. The zero-order valence-corrected chi connectivity index (χ0v) is 14.6. The predicted molar refractivity (Wildman–Crippen MR) is 95.0 cm³/mol. The van der Waals surface area contributed by atoms with Gasteiger partial charge in [-0.15, -0.1) is 0 Å². The lowest BCUT2D eigenvalue weighted by molar-refractivity contribution is 0.00542. The van der Waals surface area contributed by atoms with Gasteiger partial charge in [0.15, 0.2) is 0 Å². The van der Waals surface area contributed by atoms with Crippen LogP contribution in [0.2, 0.25) is 0 Å². The number of rotatable bonds is 4. The average molecular weight is 327 g/mol. The smallest absolute Gasteiger partial charge is 0.410 e. The van der Waals surface area contributed by atoms with Gasteiger partial charge in [-0.05, 0) is 45.4 Å². The summed E-state index contributed by atoms with van der Waals surface area (Å²) < 4.78 is 5.36. The fraction of sp³-hybridized carbons (Fsp3) is 0.474. The molecule has 1 aliphatic rings. The minimum Gasteiger partial charge on any atom is -0.444 e. The molecule has 24 heavy (non-hydrogen) atoms. The highest BCUT2D eigenvalue weighted by Gasteiger charge is 2.33. The predicted octanol–water partition coefficient (Wildman–Crippen LogP) is 2.99. The van der Waals surface area contributed by atoms with Gasteiger partial charge in [-0.3, -0.25) is 4.98 Å². The van der Waals surface area contributed by atoms with E-state index in [9.17, 15) is 4.79 Å². The number of benzene rings is 1. The third-order valence-electron chi connectivity index (χ3n) is 4.08. The molecule has 0 aliphatic carbocycles. The van der Waals surface area contributed by atoms with Gasteiger partial charge in [-0.25, -0.2) is 4.79 Å². The monoisotopic (exact) mass is 327 g/mol. The second-order valence-corrected chi connectivity index (χ2v) is 7.28. The Labute approximate surface area is 143 Å². The normalized spacial score (nSPS) is 15.4. The molecule has 5 heteroatoms. The number of nitrogens with zero attached hydrogens (tertiary/aromatic N) is 2. The van der Waals surface area contributed by atoms with Gasteiger partial charge in [0.1, 0.15) is 5.60 Å².